The van der Waals surface area contributed by atoms with E-state index in [1.807, 2.05) is 37.4 Å². The fraction of sp³-hybridized carbons (Fsp3) is 0.562. The van der Waals surface area contributed by atoms with E-state index in [0.717, 1.165) is 18.7 Å². The van der Waals surface area contributed by atoms with Gasteiger partial charge in [-0.25, -0.2) is 0 Å². The van der Waals surface area contributed by atoms with E-state index < -0.39 is 6.04 Å². The zero-order chi connectivity index (χ0) is 14.5. The van der Waals surface area contributed by atoms with Crippen LogP contribution in [0.5, 0.6) is 0 Å². The molecule has 4 nitrogen and oxygen atoms in total. The molecule has 0 saturated carbocycles. The molecular weight excluding hydrogens is 250 g/mol. The average molecular weight is 275 g/mol. The van der Waals surface area contributed by atoms with E-state index in [4.69, 9.17) is 5.73 Å². The Hall–Kier alpha value is -1.39. The molecule has 2 atom stereocenters. The zero-order valence-electron chi connectivity index (χ0n) is 12.5. The number of likely N-dealkylation sites (N-methyl/N-ethyl adjacent to an activating group) is 2. The Morgan fingerprint density at radius 3 is 2.75 bits per heavy atom. The number of likely N-dealkylation sites (tertiary alicyclic amines) is 1. The van der Waals surface area contributed by atoms with Crippen LogP contribution < -0.4 is 5.73 Å². The maximum absolute atomic E-state index is 12.3. The van der Waals surface area contributed by atoms with Crippen LogP contribution in [0, 0.1) is 0 Å². The van der Waals surface area contributed by atoms with Crippen molar-refractivity contribution in [3.05, 3.63) is 35.9 Å². The van der Waals surface area contributed by atoms with Gasteiger partial charge in [0.2, 0.25) is 5.91 Å². The summed E-state index contributed by atoms with van der Waals surface area (Å²) in [4.78, 5) is 16.4. The van der Waals surface area contributed by atoms with Crippen LogP contribution in [0.25, 0.3) is 0 Å². The van der Waals surface area contributed by atoms with Crippen LogP contribution in [0.4, 0.5) is 0 Å². The second-order valence-electron chi connectivity index (χ2n) is 5.79. The third kappa shape index (κ3) is 3.81. The average Bonchev–Trinajstić information content (AvgIpc) is 2.84. The molecule has 110 valence electrons. The van der Waals surface area contributed by atoms with E-state index in [0.29, 0.717) is 12.5 Å². The first-order valence-corrected chi connectivity index (χ1v) is 7.32. The van der Waals surface area contributed by atoms with Crippen LogP contribution in [0.1, 0.15) is 18.4 Å². The minimum absolute atomic E-state index is 0.0363. The summed E-state index contributed by atoms with van der Waals surface area (Å²) in [7, 11) is 3.99. The molecular formula is C16H25N3O. The number of benzene rings is 1. The van der Waals surface area contributed by atoms with Crippen molar-refractivity contribution >= 4 is 5.91 Å². The van der Waals surface area contributed by atoms with Gasteiger partial charge in [0, 0.05) is 19.6 Å². The molecule has 1 saturated heterocycles. The second kappa shape index (κ2) is 6.86. The number of hydrogen-bond acceptors (Lipinski definition) is 3. The fourth-order valence-electron chi connectivity index (χ4n) is 2.85. The number of amides is 1. The summed E-state index contributed by atoms with van der Waals surface area (Å²) in [5, 5.41) is 0. The molecule has 1 aromatic rings. The van der Waals surface area contributed by atoms with Crippen molar-refractivity contribution < 1.29 is 4.79 Å². The number of nitrogens with zero attached hydrogens (tertiary/aromatic N) is 2. The molecule has 1 fully saturated rings. The number of nitrogens with two attached hydrogens (primary N) is 1. The van der Waals surface area contributed by atoms with Crippen molar-refractivity contribution in [1.82, 2.24) is 9.80 Å². The van der Waals surface area contributed by atoms with Crippen molar-refractivity contribution in [3.63, 3.8) is 0 Å². The monoisotopic (exact) mass is 275 g/mol. The minimum atomic E-state index is -0.450. The third-order valence-corrected chi connectivity index (χ3v) is 4.15. The van der Waals surface area contributed by atoms with Crippen molar-refractivity contribution in [2.24, 2.45) is 5.73 Å². The maximum Gasteiger partial charge on any atom is 0.239 e. The van der Waals surface area contributed by atoms with Gasteiger partial charge in [0.05, 0.1) is 6.04 Å². The van der Waals surface area contributed by atoms with Crippen LogP contribution >= 0.6 is 0 Å². The number of rotatable bonds is 5. The van der Waals surface area contributed by atoms with Crippen molar-refractivity contribution in [2.45, 2.75) is 31.3 Å². The molecule has 0 radical (unpaired) electrons. The first-order chi connectivity index (χ1) is 9.58. The molecule has 1 unspecified atom stereocenters. The summed E-state index contributed by atoms with van der Waals surface area (Å²) in [5.74, 6) is 0.0363. The normalized spacial score (nSPS) is 20.9. The highest BCUT2D eigenvalue weighted by molar-refractivity contribution is 5.81. The summed E-state index contributed by atoms with van der Waals surface area (Å²) in [6.07, 6.45) is 2.99. The van der Waals surface area contributed by atoms with Gasteiger partial charge in [0.1, 0.15) is 0 Å². The lowest BCUT2D eigenvalue weighted by molar-refractivity contribution is -0.131. The molecule has 0 aliphatic carbocycles. The second-order valence-corrected chi connectivity index (χ2v) is 5.79. The molecule has 1 heterocycles. The first-order valence-electron chi connectivity index (χ1n) is 7.32. The summed E-state index contributed by atoms with van der Waals surface area (Å²) in [5.41, 5.74) is 7.17. The van der Waals surface area contributed by atoms with E-state index in [9.17, 15) is 4.79 Å². The lowest BCUT2D eigenvalue weighted by atomic mass is 10.1. The topological polar surface area (TPSA) is 49.6 Å². The van der Waals surface area contributed by atoms with Crippen molar-refractivity contribution in [1.29, 1.82) is 0 Å². The fourth-order valence-corrected chi connectivity index (χ4v) is 2.85. The largest absolute Gasteiger partial charge is 0.343 e. The van der Waals surface area contributed by atoms with Crippen LogP contribution in [0.2, 0.25) is 0 Å². The Morgan fingerprint density at radius 1 is 1.45 bits per heavy atom. The Morgan fingerprint density at radius 2 is 2.15 bits per heavy atom. The van der Waals surface area contributed by atoms with Crippen LogP contribution in [0.3, 0.4) is 0 Å². The lowest BCUT2D eigenvalue weighted by Crippen LogP contribution is -2.47. The summed E-state index contributed by atoms with van der Waals surface area (Å²) < 4.78 is 0. The maximum atomic E-state index is 12.3. The highest BCUT2D eigenvalue weighted by Gasteiger charge is 2.25. The molecule has 1 amide bonds. The van der Waals surface area contributed by atoms with Crippen molar-refractivity contribution in [3.8, 4) is 0 Å². The van der Waals surface area contributed by atoms with Gasteiger partial charge in [-0.1, -0.05) is 30.3 Å². The lowest BCUT2D eigenvalue weighted by Gasteiger charge is -2.27. The quantitative estimate of drug-likeness (QED) is 0.876. The van der Waals surface area contributed by atoms with Gasteiger partial charge in [-0.3, -0.25) is 4.79 Å². The molecule has 0 aromatic heterocycles. The molecule has 4 heteroatoms. The third-order valence-electron chi connectivity index (χ3n) is 4.15. The van der Waals surface area contributed by atoms with Crippen molar-refractivity contribution in [2.75, 3.05) is 27.2 Å². The molecule has 2 rings (SSSR count). The Labute approximate surface area is 121 Å². The molecule has 1 aliphatic rings. The van der Waals surface area contributed by atoms with Gasteiger partial charge in [0.25, 0.3) is 0 Å². The molecule has 20 heavy (non-hydrogen) atoms. The smallest absolute Gasteiger partial charge is 0.239 e. The molecule has 1 aromatic carbocycles. The predicted octanol–water partition coefficient (Wildman–Crippen LogP) is 1.11. The van der Waals surface area contributed by atoms with Crippen LogP contribution in [0.15, 0.2) is 30.3 Å². The van der Waals surface area contributed by atoms with E-state index in [1.165, 1.54) is 12.8 Å². The van der Waals surface area contributed by atoms with Crippen LogP contribution in [-0.2, 0) is 11.2 Å². The van der Waals surface area contributed by atoms with Gasteiger partial charge in [-0.05, 0) is 38.4 Å². The predicted molar refractivity (Wildman–Crippen MR) is 81.4 cm³/mol. The van der Waals surface area contributed by atoms with Crippen LogP contribution in [-0.4, -0.2) is 55.0 Å². The summed E-state index contributed by atoms with van der Waals surface area (Å²) in [6, 6.07) is 9.98. The molecule has 0 spiro atoms. The van der Waals surface area contributed by atoms with E-state index in [-0.39, 0.29) is 5.91 Å². The zero-order valence-corrected chi connectivity index (χ0v) is 12.5. The Bertz CT molecular complexity index is 435. The SMILES string of the molecule is CN(CC1CCCN1C)C(=O)[C@@H](N)Cc1ccccc1. The van der Waals surface area contributed by atoms with E-state index in [2.05, 4.69) is 11.9 Å². The van der Waals surface area contributed by atoms with Gasteiger partial charge in [0.15, 0.2) is 0 Å². The van der Waals surface area contributed by atoms with E-state index >= 15 is 0 Å². The summed E-state index contributed by atoms with van der Waals surface area (Å²) in [6.45, 7) is 1.90. The highest BCUT2D eigenvalue weighted by Crippen LogP contribution is 2.15. The summed E-state index contributed by atoms with van der Waals surface area (Å²) >= 11 is 0. The molecule has 2 N–H and O–H groups in total. The van der Waals surface area contributed by atoms with Gasteiger partial charge < -0.3 is 15.5 Å². The molecule has 1 aliphatic heterocycles. The number of carbonyl (C=O) groups is 1. The Balaban J connectivity index is 1.86. The Kier molecular flexibility index (Phi) is 5.15. The highest BCUT2D eigenvalue weighted by atomic mass is 16.2. The minimum Gasteiger partial charge on any atom is -0.343 e. The van der Waals surface area contributed by atoms with Gasteiger partial charge in [-0.2, -0.15) is 0 Å². The number of carbonyl (C=O) groups excluding carboxylic acids is 1. The first kappa shape index (κ1) is 15.0. The van der Waals surface area contributed by atoms with E-state index in [1.54, 1.807) is 4.90 Å². The number of hydrogen-bond donors (Lipinski definition) is 1. The standard InChI is InChI=1S/C16H25N3O/c1-18-10-6-9-14(18)12-19(2)16(20)15(17)11-13-7-4-3-5-8-13/h3-5,7-8,14-15H,6,9-12,17H2,1-2H3/t14?,15-/m0/s1. The van der Waals surface area contributed by atoms with Gasteiger partial charge >= 0.3 is 0 Å². The molecule has 0 bridgehead atoms. The van der Waals surface area contributed by atoms with Gasteiger partial charge in [-0.15, -0.1) is 0 Å².